The van der Waals surface area contributed by atoms with Gasteiger partial charge in [0.25, 0.3) is 0 Å². The fourth-order valence-electron chi connectivity index (χ4n) is 2.53. The lowest BCUT2D eigenvalue weighted by molar-refractivity contribution is 0.486. The van der Waals surface area contributed by atoms with E-state index in [0.717, 1.165) is 44.1 Å². The molecule has 0 unspecified atom stereocenters. The highest BCUT2D eigenvalue weighted by atomic mass is 32.2. The monoisotopic (exact) mass is 282 g/mol. The average molecular weight is 282 g/mol. The van der Waals surface area contributed by atoms with Crippen molar-refractivity contribution in [3.05, 3.63) is 29.8 Å². The molecule has 0 aliphatic heterocycles. The van der Waals surface area contributed by atoms with E-state index >= 15 is 0 Å². The number of nitrogens with one attached hydrogen (secondary N) is 1. The summed E-state index contributed by atoms with van der Waals surface area (Å²) in [6, 6.07) is 7.47. The summed E-state index contributed by atoms with van der Waals surface area (Å²) < 4.78 is 27.2. The smallest absolute Gasteiger partial charge is 0.235 e. The highest BCUT2D eigenvalue weighted by molar-refractivity contribution is 7.93. The third-order valence-corrected chi connectivity index (χ3v) is 5.51. The molecule has 1 aliphatic rings. The third kappa shape index (κ3) is 3.94. The average Bonchev–Trinajstić information content (AvgIpc) is 2.42. The summed E-state index contributed by atoms with van der Waals surface area (Å²) in [6.45, 7) is 0.604. The van der Waals surface area contributed by atoms with Crippen LogP contribution in [0.5, 0.6) is 0 Å². The molecule has 0 radical (unpaired) electrons. The Labute approximate surface area is 115 Å². The van der Waals surface area contributed by atoms with Crippen LogP contribution in [0.15, 0.2) is 24.3 Å². The molecule has 4 nitrogen and oxygen atoms in total. The van der Waals surface area contributed by atoms with Gasteiger partial charge in [-0.05, 0) is 43.5 Å². The first-order chi connectivity index (χ1) is 9.12. The summed E-state index contributed by atoms with van der Waals surface area (Å²) >= 11 is 0. The van der Waals surface area contributed by atoms with Gasteiger partial charge in [0.2, 0.25) is 10.0 Å². The maximum atomic E-state index is 12.2. The van der Waals surface area contributed by atoms with E-state index in [2.05, 4.69) is 4.72 Å². The van der Waals surface area contributed by atoms with E-state index in [0.29, 0.717) is 12.2 Å². The van der Waals surface area contributed by atoms with Crippen molar-refractivity contribution in [2.45, 2.75) is 43.8 Å². The second-order valence-corrected chi connectivity index (χ2v) is 7.10. The second kappa shape index (κ2) is 6.39. The Kier molecular flexibility index (Phi) is 4.82. The Morgan fingerprint density at radius 1 is 1.11 bits per heavy atom. The lowest BCUT2D eigenvalue weighted by Crippen LogP contribution is -2.29. The Hall–Kier alpha value is -1.07. The number of hydrogen-bond donors (Lipinski definition) is 2. The Balaban J connectivity index is 2.02. The molecule has 1 fully saturated rings. The molecule has 0 bridgehead atoms. The van der Waals surface area contributed by atoms with Gasteiger partial charge in [-0.2, -0.15) is 0 Å². The van der Waals surface area contributed by atoms with Crippen LogP contribution in [0.1, 0.15) is 37.7 Å². The van der Waals surface area contributed by atoms with Crippen molar-refractivity contribution in [2.75, 3.05) is 11.3 Å². The van der Waals surface area contributed by atoms with Gasteiger partial charge in [-0.15, -0.1) is 0 Å². The Bertz CT molecular complexity index is 491. The zero-order valence-corrected chi connectivity index (χ0v) is 12.0. The Morgan fingerprint density at radius 2 is 1.74 bits per heavy atom. The maximum absolute atomic E-state index is 12.2. The van der Waals surface area contributed by atoms with E-state index in [-0.39, 0.29) is 5.25 Å². The standard InChI is InChI=1S/C14H22N2O2S/c15-11-10-12-6-8-13(9-7-12)16-19(17,18)14-4-2-1-3-5-14/h6-9,14,16H,1-5,10-11,15H2. The molecule has 0 amide bonds. The molecule has 2 rings (SSSR count). The predicted octanol–water partition coefficient (Wildman–Crippen LogP) is 2.26. The number of benzene rings is 1. The van der Waals surface area contributed by atoms with Gasteiger partial charge >= 0.3 is 0 Å². The van der Waals surface area contributed by atoms with Crippen LogP contribution in [-0.4, -0.2) is 20.2 Å². The highest BCUT2D eigenvalue weighted by Gasteiger charge is 2.26. The van der Waals surface area contributed by atoms with Gasteiger partial charge in [0.1, 0.15) is 0 Å². The topological polar surface area (TPSA) is 72.2 Å². The molecule has 0 atom stereocenters. The fourth-order valence-corrected chi connectivity index (χ4v) is 4.11. The van der Waals surface area contributed by atoms with Crippen LogP contribution in [0.2, 0.25) is 0 Å². The van der Waals surface area contributed by atoms with Gasteiger partial charge < -0.3 is 5.73 Å². The van der Waals surface area contributed by atoms with Crippen LogP contribution < -0.4 is 10.5 Å². The quantitative estimate of drug-likeness (QED) is 0.870. The van der Waals surface area contributed by atoms with Crippen LogP contribution in [-0.2, 0) is 16.4 Å². The van der Waals surface area contributed by atoms with Crippen molar-refractivity contribution in [1.29, 1.82) is 0 Å². The molecule has 0 spiro atoms. The molecular formula is C14H22N2O2S. The molecule has 1 aromatic carbocycles. The first-order valence-electron chi connectivity index (χ1n) is 6.92. The van der Waals surface area contributed by atoms with Gasteiger partial charge in [0.15, 0.2) is 0 Å². The summed E-state index contributed by atoms with van der Waals surface area (Å²) in [4.78, 5) is 0. The lowest BCUT2D eigenvalue weighted by atomic mass is 10.0. The SMILES string of the molecule is NCCc1ccc(NS(=O)(=O)C2CCCCC2)cc1. The molecular weight excluding hydrogens is 260 g/mol. The van der Waals surface area contributed by atoms with Crippen LogP contribution in [0.4, 0.5) is 5.69 Å². The van der Waals surface area contributed by atoms with Crippen molar-refractivity contribution in [3.63, 3.8) is 0 Å². The van der Waals surface area contributed by atoms with Gasteiger partial charge in [-0.3, -0.25) is 4.72 Å². The van der Waals surface area contributed by atoms with Crippen LogP contribution in [0.3, 0.4) is 0 Å². The minimum Gasteiger partial charge on any atom is -0.330 e. The minimum atomic E-state index is -3.24. The summed E-state index contributed by atoms with van der Waals surface area (Å²) in [5.41, 5.74) is 7.26. The number of rotatable bonds is 5. The third-order valence-electron chi connectivity index (χ3n) is 3.64. The van der Waals surface area contributed by atoms with Gasteiger partial charge in [0.05, 0.1) is 5.25 Å². The molecule has 1 aliphatic carbocycles. The molecule has 5 heteroatoms. The van der Waals surface area contributed by atoms with E-state index in [1.807, 2.05) is 24.3 Å². The van der Waals surface area contributed by atoms with Crippen molar-refractivity contribution in [1.82, 2.24) is 0 Å². The van der Waals surface area contributed by atoms with Crippen molar-refractivity contribution < 1.29 is 8.42 Å². The first-order valence-corrected chi connectivity index (χ1v) is 8.47. The summed E-state index contributed by atoms with van der Waals surface area (Å²) in [6.07, 6.45) is 5.55. The van der Waals surface area contributed by atoms with Gasteiger partial charge in [0, 0.05) is 5.69 Å². The van der Waals surface area contributed by atoms with E-state index in [4.69, 9.17) is 5.73 Å². The Morgan fingerprint density at radius 3 is 2.32 bits per heavy atom. The van der Waals surface area contributed by atoms with Gasteiger partial charge in [-0.25, -0.2) is 8.42 Å². The maximum Gasteiger partial charge on any atom is 0.235 e. The van der Waals surface area contributed by atoms with E-state index in [1.54, 1.807) is 0 Å². The van der Waals surface area contributed by atoms with Crippen molar-refractivity contribution in [2.24, 2.45) is 5.73 Å². The number of anilines is 1. The number of hydrogen-bond acceptors (Lipinski definition) is 3. The summed E-state index contributed by atoms with van der Waals surface area (Å²) in [5.74, 6) is 0. The first kappa shape index (κ1) is 14.3. The normalized spacial score (nSPS) is 17.3. The number of nitrogens with two attached hydrogens (primary N) is 1. The largest absolute Gasteiger partial charge is 0.330 e. The van der Waals surface area contributed by atoms with Gasteiger partial charge in [-0.1, -0.05) is 31.4 Å². The molecule has 0 saturated heterocycles. The predicted molar refractivity (Wildman–Crippen MR) is 78.6 cm³/mol. The van der Waals surface area contributed by atoms with E-state index in [1.165, 1.54) is 0 Å². The minimum absolute atomic E-state index is 0.232. The molecule has 19 heavy (non-hydrogen) atoms. The highest BCUT2D eigenvalue weighted by Crippen LogP contribution is 2.25. The molecule has 0 aromatic heterocycles. The lowest BCUT2D eigenvalue weighted by Gasteiger charge is -2.22. The zero-order chi connectivity index (χ0) is 13.7. The summed E-state index contributed by atoms with van der Waals surface area (Å²) in [5, 5.41) is -0.232. The molecule has 0 heterocycles. The van der Waals surface area contributed by atoms with Crippen LogP contribution >= 0.6 is 0 Å². The second-order valence-electron chi connectivity index (χ2n) is 5.14. The number of sulfonamides is 1. The zero-order valence-electron chi connectivity index (χ0n) is 11.1. The van der Waals surface area contributed by atoms with E-state index in [9.17, 15) is 8.42 Å². The molecule has 1 saturated carbocycles. The molecule has 1 aromatic rings. The van der Waals surface area contributed by atoms with E-state index < -0.39 is 10.0 Å². The molecule has 3 N–H and O–H groups in total. The van der Waals surface area contributed by atoms with Crippen molar-refractivity contribution in [3.8, 4) is 0 Å². The van der Waals surface area contributed by atoms with Crippen molar-refractivity contribution >= 4 is 15.7 Å². The van der Waals surface area contributed by atoms with Crippen LogP contribution in [0, 0.1) is 0 Å². The van der Waals surface area contributed by atoms with Crippen LogP contribution in [0.25, 0.3) is 0 Å². The molecule has 106 valence electrons. The summed E-state index contributed by atoms with van der Waals surface area (Å²) in [7, 11) is -3.24. The fraction of sp³-hybridized carbons (Fsp3) is 0.571.